The fourth-order valence-corrected chi connectivity index (χ4v) is 3.87. The van der Waals surface area contributed by atoms with Crippen molar-refractivity contribution in [3.63, 3.8) is 0 Å². The van der Waals surface area contributed by atoms with Gasteiger partial charge in [-0.1, -0.05) is 13.0 Å². The molecule has 1 aliphatic rings. The molecule has 1 aromatic rings. The average molecular weight is 373 g/mol. The lowest BCUT2D eigenvalue weighted by Gasteiger charge is -2.34. The number of rotatable bonds is 6. The molecule has 0 radical (unpaired) electrons. The van der Waals surface area contributed by atoms with Gasteiger partial charge in [-0.05, 0) is 24.1 Å². The van der Waals surface area contributed by atoms with Gasteiger partial charge in [0.05, 0.1) is 7.11 Å². The third-order valence-electron chi connectivity index (χ3n) is 4.00. The maximum absolute atomic E-state index is 12.5. The van der Waals surface area contributed by atoms with Crippen LogP contribution in [0, 0.1) is 0 Å². The van der Waals surface area contributed by atoms with Crippen LogP contribution in [0.4, 0.5) is 8.78 Å². The van der Waals surface area contributed by atoms with E-state index in [1.54, 1.807) is 19.2 Å². The molecule has 0 bridgehead atoms. The van der Waals surface area contributed by atoms with Gasteiger partial charge in [-0.3, -0.25) is 4.99 Å². The van der Waals surface area contributed by atoms with Crippen molar-refractivity contribution in [3.05, 3.63) is 23.8 Å². The maximum atomic E-state index is 12.5. The van der Waals surface area contributed by atoms with Crippen LogP contribution in [0.5, 0.6) is 11.5 Å². The maximum Gasteiger partial charge on any atom is 0.387 e. The molecule has 1 N–H and O–H groups in total. The van der Waals surface area contributed by atoms with Crippen molar-refractivity contribution in [2.24, 2.45) is 4.99 Å². The highest BCUT2D eigenvalue weighted by Crippen LogP contribution is 2.29. The summed E-state index contributed by atoms with van der Waals surface area (Å²) >= 11 is 2.00. The molecule has 0 spiro atoms. The largest absolute Gasteiger partial charge is 0.493 e. The number of methoxy groups -OCH3 is 1. The zero-order valence-corrected chi connectivity index (χ0v) is 15.6. The van der Waals surface area contributed by atoms with E-state index in [-0.39, 0.29) is 11.5 Å². The summed E-state index contributed by atoms with van der Waals surface area (Å²) in [5.41, 5.74) is 0.816. The van der Waals surface area contributed by atoms with Gasteiger partial charge >= 0.3 is 6.61 Å². The Morgan fingerprint density at radius 2 is 2.24 bits per heavy atom. The van der Waals surface area contributed by atoms with Gasteiger partial charge in [-0.15, -0.1) is 0 Å². The topological polar surface area (TPSA) is 46.1 Å². The molecule has 2 rings (SSSR count). The molecule has 1 unspecified atom stereocenters. The lowest BCUT2D eigenvalue weighted by atomic mass is 10.2. The van der Waals surface area contributed by atoms with E-state index in [4.69, 9.17) is 4.74 Å². The smallest absolute Gasteiger partial charge is 0.387 e. The number of aliphatic imine (C=N–C) groups is 1. The summed E-state index contributed by atoms with van der Waals surface area (Å²) in [4.78, 5) is 6.59. The number of ether oxygens (including phenoxy) is 2. The number of halogens is 2. The Morgan fingerprint density at radius 3 is 2.88 bits per heavy atom. The van der Waals surface area contributed by atoms with Crippen LogP contribution in [0.25, 0.3) is 0 Å². The minimum Gasteiger partial charge on any atom is -0.493 e. The van der Waals surface area contributed by atoms with Gasteiger partial charge in [0.25, 0.3) is 0 Å². The summed E-state index contributed by atoms with van der Waals surface area (Å²) in [6.45, 7) is 1.68. The molecular formula is C17H25F2N3O2S. The number of hydrogen-bond donors (Lipinski definition) is 1. The van der Waals surface area contributed by atoms with Gasteiger partial charge in [-0.2, -0.15) is 20.5 Å². The molecular weight excluding hydrogens is 348 g/mol. The van der Waals surface area contributed by atoms with Crippen LogP contribution in [0.1, 0.15) is 18.9 Å². The summed E-state index contributed by atoms with van der Waals surface area (Å²) in [7, 11) is 3.18. The van der Waals surface area contributed by atoms with Gasteiger partial charge in [0, 0.05) is 37.7 Å². The minimum atomic E-state index is -2.89. The Morgan fingerprint density at radius 1 is 1.44 bits per heavy atom. The average Bonchev–Trinajstić information content (AvgIpc) is 2.62. The van der Waals surface area contributed by atoms with Crippen LogP contribution in [0.3, 0.4) is 0 Å². The van der Waals surface area contributed by atoms with Crippen LogP contribution in [0.2, 0.25) is 0 Å². The third-order valence-corrected chi connectivity index (χ3v) is 5.37. The Hall–Kier alpha value is -1.70. The highest BCUT2D eigenvalue weighted by Gasteiger charge is 2.21. The van der Waals surface area contributed by atoms with Crippen LogP contribution in [-0.2, 0) is 6.54 Å². The quantitative estimate of drug-likeness (QED) is 0.613. The Bertz CT molecular complexity index is 587. The lowest BCUT2D eigenvalue weighted by Crippen LogP contribution is -2.47. The van der Waals surface area contributed by atoms with Crippen molar-refractivity contribution in [2.75, 3.05) is 33.0 Å². The SMILES string of the molecule is CCC1CN(C(=NC)NCc2ccc(OC)c(OC(F)F)c2)CCS1. The monoisotopic (exact) mass is 373 g/mol. The molecule has 1 aromatic carbocycles. The number of alkyl halides is 2. The first-order valence-corrected chi connectivity index (χ1v) is 9.31. The molecule has 0 saturated carbocycles. The van der Waals surface area contributed by atoms with Gasteiger partial charge in [0.2, 0.25) is 0 Å². The van der Waals surface area contributed by atoms with E-state index in [0.29, 0.717) is 11.8 Å². The Labute approximate surface area is 151 Å². The second-order valence-corrected chi connectivity index (χ2v) is 7.02. The molecule has 1 atom stereocenters. The van der Waals surface area contributed by atoms with E-state index in [1.807, 2.05) is 17.8 Å². The van der Waals surface area contributed by atoms with Crippen molar-refractivity contribution in [1.82, 2.24) is 10.2 Å². The summed E-state index contributed by atoms with van der Waals surface area (Å²) in [6, 6.07) is 5.01. The number of nitrogens with one attached hydrogen (secondary N) is 1. The van der Waals surface area contributed by atoms with Crippen LogP contribution >= 0.6 is 11.8 Å². The molecule has 25 heavy (non-hydrogen) atoms. The number of nitrogens with zero attached hydrogens (tertiary/aromatic N) is 2. The Balaban J connectivity index is 2.01. The standard InChI is InChI=1S/C17H25F2N3O2S/c1-4-13-11-22(7-8-25-13)17(20-2)21-10-12-5-6-14(23-3)15(9-12)24-16(18)19/h5-6,9,13,16H,4,7-8,10-11H2,1-3H3,(H,20,21). The van der Waals surface area contributed by atoms with E-state index in [1.165, 1.54) is 7.11 Å². The van der Waals surface area contributed by atoms with E-state index >= 15 is 0 Å². The molecule has 1 fully saturated rings. The van der Waals surface area contributed by atoms with Gasteiger partial charge in [-0.25, -0.2) is 0 Å². The highest BCUT2D eigenvalue weighted by atomic mass is 32.2. The summed E-state index contributed by atoms with van der Waals surface area (Å²) in [5.74, 6) is 2.22. The molecule has 140 valence electrons. The number of thioether (sulfide) groups is 1. The molecule has 0 aliphatic carbocycles. The van der Waals surface area contributed by atoms with Gasteiger partial charge in [0.1, 0.15) is 0 Å². The molecule has 0 aromatic heterocycles. The van der Waals surface area contributed by atoms with E-state index < -0.39 is 6.61 Å². The van der Waals surface area contributed by atoms with Crippen molar-refractivity contribution in [2.45, 2.75) is 31.8 Å². The first-order chi connectivity index (χ1) is 12.1. The zero-order chi connectivity index (χ0) is 18.2. The molecule has 1 saturated heterocycles. The molecule has 8 heteroatoms. The van der Waals surface area contributed by atoms with E-state index in [9.17, 15) is 8.78 Å². The number of guanidine groups is 1. The van der Waals surface area contributed by atoms with Crippen LogP contribution < -0.4 is 14.8 Å². The number of hydrogen-bond acceptors (Lipinski definition) is 4. The Kier molecular flexibility index (Phi) is 7.61. The normalized spacial score (nSPS) is 18.4. The number of benzene rings is 1. The fourth-order valence-electron chi connectivity index (χ4n) is 2.69. The molecule has 1 aliphatic heterocycles. The van der Waals surface area contributed by atoms with Crippen molar-refractivity contribution < 1.29 is 18.3 Å². The third kappa shape index (κ3) is 5.66. The minimum absolute atomic E-state index is 0.0345. The van der Waals surface area contributed by atoms with E-state index in [0.717, 1.165) is 36.8 Å². The first-order valence-electron chi connectivity index (χ1n) is 8.26. The second-order valence-electron chi connectivity index (χ2n) is 5.61. The summed E-state index contributed by atoms with van der Waals surface area (Å²) < 4.78 is 34.6. The van der Waals surface area contributed by atoms with E-state index in [2.05, 4.69) is 26.9 Å². The molecule has 0 amide bonds. The predicted octanol–water partition coefficient (Wildman–Crippen LogP) is 3.20. The fraction of sp³-hybridized carbons (Fsp3) is 0.588. The summed E-state index contributed by atoms with van der Waals surface area (Å²) in [5, 5.41) is 3.91. The van der Waals surface area contributed by atoms with Crippen molar-refractivity contribution in [3.8, 4) is 11.5 Å². The molecule has 1 heterocycles. The van der Waals surface area contributed by atoms with Crippen LogP contribution in [0.15, 0.2) is 23.2 Å². The van der Waals surface area contributed by atoms with Gasteiger partial charge in [0.15, 0.2) is 17.5 Å². The van der Waals surface area contributed by atoms with Crippen LogP contribution in [-0.4, -0.2) is 55.7 Å². The molecule has 5 nitrogen and oxygen atoms in total. The second kappa shape index (κ2) is 9.70. The van der Waals surface area contributed by atoms with Crippen molar-refractivity contribution >= 4 is 17.7 Å². The highest BCUT2D eigenvalue weighted by molar-refractivity contribution is 8.00. The summed E-state index contributed by atoms with van der Waals surface area (Å²) in [6.07, 6.45) is 1.13. The van der Waals surface area contributed by atoms with Crippen molar-refractivity contribution in [1.29, 1.82) is 0 Å². The first kappa shape index (κ1) is 19.6. The predicted molar refractivity (Wildman–Crippen MR) is 97.9 cm³/mol. The lowest BCUT2D eigenvalue weighted by molar-refractivity contribution is -0.0512. The zero-order valence-electron chi connectivity index (χ0n) is 14.8. The van der Waals surface area contributed by atoms with Gasteiger partial charge < -0.3 is 19.7 Å².